The lowest BCUT2D eigenvalue weighted by atomic mass is 9.97. The minimum atomic E-state index is -0.805. The van der Waals surface area contributed by atoms with Crippen LogP contribution in [-0.2, 0) is 16.0 Å². The van der Waals surface area contributed by atoms with Crippen LogP contribution < -0.4 is 0 Å². The second kappa shape index (κ2) is 5.83. The SMILES string of the molecule is Cc1ccc2c(CC(=O)N3CCC[C@H](C(=O)O)C3)c[nH]c2c1. The predicted octanol–water partition coefficient (Wildman–Crippen LogP) is 2.34. The number of hydrogen-bond acceptors (Lipinski definition) is 2. The Bertz CT molecular complexity index is 720. The molecule has 0 unspecified atom stereocenters. The summed E-state index contributed by atoms with van der Waals surface area (Å²) >= 11 is 0. The molecule has 1 amide bonds. The van der Waals surface area contributed by atoms with Crippen molar-refractivity contribution in [2.24, 2.45) is 5.92 Å². The van der Waals surface area contributed by atoms with Crippen LogP contribution in [0.15, 0.2) is 24.4 Å². The number of rotatable bonds is 3. The number of aromatic nitrogens is 1. The number of nitrogens with zero attached hydrogens (tertiary/aromatic N) is 1. The van der Waals surface area contributed by atoms with Crippen LogP contribution in [-0.4, -0.2) is 40.0 Å². The van der Waals surface area contributed by atoms with E-state index in [1.165, 1.54) is 5.56 Å². The molecule has 5 heteroatoms. The van der Waals surface area contributed by atoms with E-state index >= 15 is 0 Å². The number of carboxylic acids is 1. The molecular weight excluding hydrogens is 280 g/mol. The summed E-state index contributed by atoms with van der Waals surface area (Å²) in [5, 5.41) is 10.2. The van der Waals surface area contributed by atoms with Crippen LogP contribution in [0.2, 0.25) is 0 Å². The summed E-state index contributed by atoms with van der Waals surface area (Å²) < 4.78 is 0. The van der Waals surface area contributed by atoms with Crippen molar-refractivity contribution in [2.75, 3.05) is 13.1 Å². The number of aryl methyl sites for hydroxylation is 1. The van der Waals surface area contributed by atoms with E-state index in [4.69, 9.17) is 5.11 Å². The number of aromatic amines is 1. The molecular formula is C17H20N2O3. The fourth-order valence-electron chi connectivity index (χ4n) is 3.13. The van der Waals surface area contributed by atoms with E-state index in [9.17, 15) is 9.59 Å². The van der Waals surface area contributed by atoms with Crippen molar-refractivity contribution in [3.8, 4) is 0 Å². The van der Waals surface area contributed by atoms with Crippen molar-refractivity contribution in [3.05, 3.63) is 35.5 Å². The van der Waals surface area contributed by atoms with Gasteiger partial charge in [0.15, 0.2) is 0 Å². The van der Waals surface area contributed by atoms with Gasteiger partial charge in [-0.2, -0.15) is 0 Å². The number of carboxylic acid groups (broad SMARTS) is 1. The summed E-state index contributed by atoms with van der Waals surface area (Å²) in [6, 6.07) is 6.12. The molecule has 2 heterocycles. The van der Waals surface area contributed by atoms with Gasteiger partial charge in [0.2, 0.25) is 5.91 Å². The van der Waals surface area contributed by atoms with Crippen LogP contribution in [0.25, 0.3) is 10.9 Å². The molecule has 2 N–H and O–H groups in total. The number of nitrogens with one attached hydrogen (secondary N) is 1. The molecule has 0 radical (unpaired) electrons. The maximum absolute atomic E-state index is 12.5. The Hall–Kier alpha value is -2.30. The van der Waals surface area contributed by atoms with Gasteiger partial charge in [0.1, 0.15) is 0 Å². The van der Waals surface area contributed by atoms with E-state index in [2.05, 4.69) is 11.1 Å². The number of carbonyl (C=O) groups excluding carboxylic acids is 1. The zero-order valence-electron chi connectivity index (χ0n) is 12.6. The molecule has 3 rings (SSSR count). The fourth-order valence-corrected chi connectivity index (χ4v) is 3.13. The number of H-pyrrole nitrogens is 1. The highest BCUT2D eigenvalue weighted by Crippen LogP contribution is 2.22. The van der Waals surface area contributed by atoms with Gasteiger partial charge in [-0.15, -0.1) is 0 Å². The van der Waals surface area contributed by atoms with Crippen LogP contribution in [0, 0.1) is 12.8 Å². The monoisotopic (exact) mass is 300 g/mol. The Morgan fingerprint density at radius 1 is 1.41 bits per heavy atom. The summed E-state index contributed by atoms with van der Waals surface area (Å²) in [6.45, 7) is 3.02. The van der Waals surface area contributed by atoms with Gasteiger partial charge in [-0.05, 0) is 37.0 Å². The predicted molar refractivity (Wildman–Crippen MR) is 83.7 cm³/mol. The molecule has 2 aromatic rings. The normalized spacial score (nSPS) is 18.6. The Morgan fingerprint density at radius 3 is 3.00 bits per heavy atom. The van der Waals surface area contributed by atoms with Crippen LogP contribution in [0.4, 0.5) is 0 Å². The molecule has 1 aromatic heterocycles. The average molecular weight is 300 g/mol. The molecule has 116 valence electrons. The van der Waals surface area contributed by atoms with Gasteiger partial charge in [0.05, 0.1) is 12.3 Å². The highest BCUT2D eigenvalue weighted by Gasteiger charge is 2.28. The van der Waals surface area contributed by atoms with Gasteiger partial charge >= 0.3 is 5.97 Å². The van der Waals surface area contributed by atoms with Gasteiger partial charge in [-0.25, -0.2) is 0 Å². The van der Waals surface area contributed by atoms with Crippen molar-refractivity contribution < 1.29 is 14.7 Å². The lowest BCUT2D eigenvalue weighted by Crippen LogP contribution is -2.42. The summed E-state index contributed by atoms with van der Waals surface area (Å²) in [4.78, 5) is 28.5. The van der Waals surface area contributed by atoms with Crippen molar-refractivity contribution in [3.63, 3.8) is 0 Å². The lowest BCUT2D eigenvalue weighted by Gasteiger charge is -2.30. The Morgan fingerprint density at radius 2 is 2.23 bits per heavy atom. The Balaban J connectivity index is 1.74. The van der Waals surface area contributed by atoms with E-state index in [-0.39, 0.29) is 5.91 Å². The molecule has 1 aliphatic rings. The van der Waals surface area contributed by atoms with E-state index in [1.54, 1.807) is 4.90 Å². The second-order valence-corrected chi connectivity index (χ2v) is 6.06. The number of aliphatic carboxylic acids is 1. The smallest absolute Gasteiger partial charge is 0.308 e. The highest BCUT2D eigenvalue weighted by atomic mass is 16.4. The van der Waals surface area contributed by atoms with Gasteiger partial charge in [0, 0.05) is 30.2 Å². The van der Waals surface area contributed by atoms with Crippen molar-refractivity contribution in [2.45, 2.75) is 26.2 Å². The first kappa shape index (κ1) is 14.6. The van der Waals surface area contributed by atoms with Gasteiger partial charge in [-0.3, -0.25) is 9.59 Å². The van der Waals surface area contributed by atoms with Gasteiger partial charge in [-0.1, -0.05) is 12.1 Å². The number of likely N-dealkylation sites (tertiary alicyclic amines) is 1. The molecule has 22 heavy (non-hydrogen) atoms. The Kier molecular flexibility index (Phi) is 3.88. The largest absolute Gasteiger partial charge is 0.481 e. The number of piperidine rings is 1. The van der Waals surface area contributed by atoms with E-state index in [1.807, 2.05) is 25.3 Å². The third-order valence-electron chi connectivity index (χ3n) is 4.39. The molecule has 1 saturated heterocycles. The van der Waals surface area contributed by atoms with Crippen molar-refractivity contribution in [1.29, 1.82) is 0 Å². The molecule has 5 nitrogen and oxygen atoms in total. The molecule has 1 aliphatic heterocycles. The van der Waals surface area contributed by atoms with E-state index < -0.39 is 11.9 Å². The molecule has 0 aliphatic carbocycles. The van der Waals surface area contributed by atoms with E-state index in [0.717, 1.165) is 22.9 Å². The van der Waals surface area contributed by atoms with Gasteiger partial charge in [0.25, 0.3) is 0 Å². The minimum Gasteiger partial charge on any atom is -0.481 e. The van der Waals surface area contributed by atoms with E-state index in [0.29, 0.717) is 25.9 Å². The Labute approximate surface area is 128 Å². The number of benzene rings is 1. The lowest BCUT2D eigenvalue weighted by molar-refractivity contribution is -0.145. The fraction of sp³-hybridized carbons (Fsp3) is 0.412. The topological polar surface area (TPSA) is 73.4 Å². The second-order valence-electron chi connectivity index (χ2n) is 6.06. The summed E-state index contributed by atoms with van der Waals surface area (Å²) in [5.41, 5.74) is 3.18. The minimum absolute atomic E-state index is 0.00688. The van der Waals surface area contributed by atoms with Crippen LogP contribution in [0.5, 0.6) is 0 Å². The van der Waals surface area contributed by atoms with Crippen LogP contribution in [0.3, 0.4) is 0 Å². The molecule has 0 spiro atoms. The van der Waals surface area contributed by atoms with Crippen LogP contribution >= 0.6 is 0 Å². The summed E-state index contributed by atoms with van der Waals surface area (Å²) in [6.07, 6.45) is 3.61. The maximum atomic E-state index is 12.5. The maximum Gasteiger partial charge on any atom is 0.308 e. The first-order valence-corrected chi connectivity index (χ1v) is 7.62. The first-order chi connectivity index (χ1) is 10.5. The average Bonchev–Trinajstić information content (AvgIpc) is 2.89. The highest BCUT2D eigenvalue weighted by molar-refractivity contribution is 5.89. The quantitative estimate of drug-likeness (QED) is 0.913. The third kappa shape index (κ3) is 2.84. The molecule has 0 saturated carbocycles. The first-order valence-electron chi connectivity index (χ1n) is 7.62. The number of hydrogen-bond donors (Lipinski definition) is 2. The molecule has 0 bridgehead atoms. The zero-order valence-corrected chi connectivity index (χ0v) is 12.6. The van der Waals surface area contributed by atoms with Crippen molar-refractivity contribution >= 4 is 22.8 Å². The van der Waals surface area contributed by atoms with Gasteiger partial charge < -0.3 is 15.0 Å². The standard InChI is InChI=1S/C17H20N2O3/c1-11-4-5-14-13(9-18-15(14)7-11)8-16(20)19-6-2-3-12(10-19)17(21)22/h4-5,7,9,12,18H,2-3,6,8,10H2,1H3,(H,21,22)/t12-/m0/s1. The molecule has 1 fully saturated rings. The summed E-state index contributed by atoms with van der Waals surface area (Å²) in [5.74, 6) is -1.23. The molecule has 1 aromatic carbocycles. The molecule has 1 atom stereocenters. The number of amides is 1. The zero-order chi connectivity index (χ0) is 15.7. The summed E-state index contributed by atoms with van der Waals surface area (Å²) in [7, 11) is 0. The number of fused-ring (bicyclic) bond motifs is 1. The van der Waals surface area contributed by atoms with Crippen LogP contribution in [0.1, 0.15) is 24.0 Å². The number of carbonyl (C=O) groups is 2. The third-order valence-corrected chi connectivity index (χ3v) is 4.39. The van der Waals surface area contributed by atoms with Crippen molar-refractivity contribution in [1.82, 2.24) is 9.88 Å².